The number of likely N-dealkylation sites (tertiary alicyclic amines) is 1. The number of ether oxygens (including phenoxy) is 2. The zero-order chi connectivity index (χ0) is 19.6. The summed E-state index contributed by atoms with van der Waals surface area (Å²) in [5.74, 6) is 1.27. The number of hydrogen-bond acceptors (Lipinski definition) is 4. The van der Waals surface area contributed by atoms with Gasteiger partial charge in [-0.05, 0) is 56.5 Å². The van der Waals surface area contributed by atoms with Gasteiger partial charge in [-0.2, -0.15) is 0 Å². The Kier molecular flexibility index (Phi) is 11.7. The number of nitrogens with zero attached hydrogens (tertiary/aromatic N) is 2. The molecule has 2 N–H and O–H groups in total. The van der Waals surface area contributed by atoms with Gasteiger partial charge in [-0.25, -0.2) is 4.39 Å². The van der Waals surface area contributed by atoms with Crippen LogP contribution in [0.4, 0.5) is 4.39 Å². The summed E-state index contributed by atoms with van der Waals surface area (Å²) in [5.41, 5.74) is 0.850. The van der Waals surface area contributed by atoms with Crippen LogP contribution in [0.2, 0.25) is 0 Å². The van der Waals surface area contributed by atoms with Gasteiger partial charge in [-0.15, -0.1) is 24.0 Å². The molecular formula is C20H34FIN4O2. The van der Waals surface area contributed by atoms with E-state index in [-0.39, 0.29) is 41.6 Å². The fraction of sp³-hybridized carbons (Fsp3) is 0.650. The predicted octanol–water partition coefficient (Wildman–Crippen LogP) is 3.04. The Morgan fingerprint density at radius 2 is 2.04 bits per heavy atom. The number of hydrogen-bond donors (Lipinski definition) is 2. The van der Waals surface area contributed by atoms with Gasteiger partial charge in [-0.1, -0.05) is 6.07 Å². The molecule has 0 saturated carbocycles. The number of rotatable bonds is 8. The number of methoxy groups -OCH3 is 2. The van der Waals surface area contributed by atoms with E-state index in [1.165, 1.54) is 26.0 Å². The zero-order valence-corrected chi connectivity index (χ0v) is 19.7. The van der Waals surface area contributed by atoms with Gasteiger partial charge in [0.1, 0.15) is 0 Å². The van der Waals surface area contributed by atoms with Crippen molar-refractivity contribution in [1.29, 1.82) is 0 Å². The second-order valence-corrected chi connectivity index (χ2v) is 6.99. The van der Waals surface area contributed by atoms with E-state index < -0.39 is 0 Å². The van der Waals surface area contributed by atoms with Crippen molar-refractivity contribution in [2.45, 2.75) is 25.8 Å². The third-order valence-corrected chi connectivity index (χ3v) is 5.13. The molecule has 1 heterocycles. The average molecular weight is 508 g/mol. The van der Waals surface area contributed by atoms with Crippen LogP contribution in [-0.4, -0.2) is 64.9 Å². The molecule has 1 aromatic rings. The first-order chi connectivity index (χ1) is 13.1. The van der Waals surface area contributed by atoms with E-state index in [1.807, 2.05) is 13.0 Å². The minimum absolute atomic E-state index is 0. The molecule has 1 unspecified atom stereocenters. The third kappa shape index (κ3) is 7.71. The van der Waals surface area contributed by atoms with E-state index in [1.54, 1.807) is 20.2 Å². The molecule has 1 atom stereocenters. The molecule has 0 aromatic heterocycles. The van der Waals surface area contributed by atoms with Crippen molar-refractivity contribution < 1.29 is 13.9 Å². The van der Waals surface area contributed by atoms with Crippen molar-refractivity contribution >= 4 is 29.9 Å². The largest absolute Gasteiger partial charge is 0.494 e. The fourth-order valence-corrected chi connectivity index (χ4v) is 3.31. The Morgan fingerprint density at radius 3 is 2.61 bits per heavy atom. The summed E-state index contributed by atoms with van der Waals surface area (Å²) in [6, 6.07) is 4.95. The summed E-state index contributed by atoms with van der Waals surface area (Å²) in [4.78, 5) is 6.75. The molecule has 6 nitrogen and oxygen atoms in total. The van der Waals surface area contributed by atoms with E-state index in [9.17, 15) is 4.39 Å². The molecule has 28 heavy (non-hydrogen) atoms. The summed E-state index contributed by atoms with van der Waals surface area (Å²) in [6.45, 7) is 6.91. The van der Waals surface area contributed by atoms with Crippen LogP contribution in [0.15, 0.2) is 23.2 Å². The molecule has 0 radical (unpaired) electrons. The van der Waals surface area contributed by atoms with Gasteiger partial charge in [0.15, 0.2) is 17.5 Å². The second-order valence-electron chi connectivity index (χ2n) is 6.99. The second kappa shape index (κ2) is 13.2. The van der Waals surface area contributed by atoms with Gasteiger partial charge >= 0.3 is 0 Å². The summed E-state index contributed by atoms with van der Waals surface area (Å²) in [6.07, 6.45) is 2.35. The lowest BCUT2D eigenvalue weighted by Gasteiger charge is -2.32. The number of aliphatic imine (C=N–C) groups is 1. The molecule has 1 fully saturated rings. The molecule has 0 aliphatic carbocycles. The Bertz CT molecular complexity index is 610. The van der Waals surface area contributed by atoms with E-state index in [0.717, 1.165) is 44.3 Å². The van der Waals surface area contributed by atoms with Gasteiger partial charge in [0, 0.05) is 27.2 Å². The SMILES string of the molecule is CN=C(NCC1CCN(CCOC)CC1)NC(C)c1ccc(OC)c(F)c1.I. The number of piperidine rings is 1. The van der Waals surface area contributed by atoms with Gasteiger partial charge in [-0.3, -0.25) is 4.99 Å². The zero-order valence-electron chi connectivity index (χ0n) is 17.3. The molecule has 1 aliphatic rings. The van der Waals surface area contributed by atoms with Crippen molar-refractivity contribution in [2.75, 3.05) is 54.1 Å². The summed E-state index contributed by atoms with van der Waals surface area (Å²) < 4.78 is 24.0. The van der Waals surface area contributed by atoms with Crippen molar-refractivity contribution in [2.24, 2.45) is 10.9 Å². The highest BCUT2D eigenvalue weighted by Gasteiger charge is 2.19. The number of nitrogens with one attached hydrogen (secondary N) is 2. The van der Waals surface area contributed by atoms with Crippen LogP contribution in [0.25, 0.3) is 0 Å². The van der Waals surface area contributed by atoms with Gasteiger partial charge in [0.2, 0.25) is 0 Å². The number of halogens is 2. The van der Waals surface area contributed by atoms with Crippen molar-refractivity contribution in [3.05, 3.63) is 29.6 Å². The summed E-state index contributed by atoms with van der Waals surface area (Å²) in [5, 5.41) is 6.74. The monoisotopic (exact) mass is 508 g/mol. The summed E-state index contributed by atoms with van der Waals surface area (Å²) >= 11 is 0. The van der Waals surface area contributed by atoms with E-state index >= 15 is 0 Å². The lowest BCUT2D eigenvalue weighted by Crippen LogP contribution is -2.43. The molecule has 8 heteroatoms. The molecule has 0 spiro atoms. The Balaban J connectivity index is 0.00000392. The molecule has 0 amide bonds. The first-order valence-electron chi connectivity index (χ1n) is 9.59. The van der Waals surface area contributed by atoms with Crippen LogP contribution in [0, 0.1) is 11.7 Å². The number of benzene rings is 1. The first-order valence-corrected chi connectivity index (χ1v) is 9.59. The van der Waals surface area contributed by atoms with Gasteiger partial charge in [0.05, 0.1) is 19.8 Å². The van der Waals surface area contributed by atoms with Crippen LogP contribution in [0.1, 0.15) is 31.4 Å². The molecule has 2 rings (SSSR count). The average Bonchev–Trinajstić information content (AvgIpc) is 2.70. The highest BCUT2D eigenvalue weighted by Crippen LogP contribution is 2.21. The van der Waals surface area contributed by atoms with Crippen molar-refractivity contribution in [1.82, 2.24) is 15.5 Å². The molecule has 1 aromatic carbocycles. The fourth-order valence-electron chi connectivity index (χ4n) is 3.31. The normalized spacial score (nSPS) is 17.0. The molecule has 0 bridgehead atoms. The highest BCUT2D eigenvalue weighted by molar-refractivity contribution is 14.0. The van der Waals surface area contributed by atoms with Crippen LogP contribution in [0.5, 0.6) is 5.75 Å². The molecular weight excluding hydrogens is 474 g/mol. The van der Waals surface area contributed by atoms with Crippen molar-refractivity contribution in [3.63, 3.8) is 0 Å². The maximum atomic E-state index is 13.9. The number of guanidine groups is 1. The van der Waals surface area contributed by atoms with Crippen LogP contribution in [-0.2, 0) is 4.74 Å². The van der Waals surface area contributed by atoms with Gasteiger partial charge in [0.25, 0.3) is 0 Å². The Morgan fingerprint density at radius 1 is 1.32 bits per heavy atom. The first kappa shape index (κ1) is 24.9. The Labute approximate surface area is 185 Å². The van der Waals surface area contributed by atoms with Crippen LogP contribution >= 0.6 is 24.0 Å². The summed E-state index contributed by atoms with van der Waals surface area (Å²) in [7, 11) is 4.97. The molecule has 1 saturated heterocycles. The molecule has 1 aliphatic heterocycles. The predicted molar refractivity (Wildman–Crippen MR) is 122 cm³/mol. The minimum atomic E-state index is -0.355. The topological polar surface area (TPSA) is 58.1 Å². The maximum Gasteiger partial charge on any atom is 0.191 e. The Hall–Kier alpha value is -1.13. The third-order valence-electron chi connectivity index (χ3n) is 5.13. The van der Waals surface area contributed by atoms with E-state index in [4.69, 9.17) is 9.47 Å². The van der Waals surface area contributed by atoms with Crippen molar-refractivity contribution in [3.8, 4) is 5.75 Å². The molecule has 160 valence electrons. The minimum Gasteiger partial charge on any atom is -0.494 e. The lowest BCUT2D eigenvalue weighted by atomic mass is 9.97. The maximum absolute atomic E-state index is 13.9. The quantitative estimate of drug-likeness (QED) is 0.321. The van der Waals surface area contributed by atoms with Crippen LogP contribution in [0.3, 0.4) is 0 Å². The standard InChI is InChI=1S/C20H33FN4O2.HI/c1-15(17-5-6-19(27-4)18(21)13-17)24-20(22-2)23-14-16-7-9-25(10-8-16)11-12-26-3;/h5-6,13,15-16H,7-12,14H2,1-4H3,(H2,22,23,24);1H. The van der Waals surface area contributed by atoms with Gasteiger partial charge < -0.3 is 25.0 Å². The lowest BCUT2D eigenvalue weighted by molar-refractivity contribution is 0.121. The van der Waals surface area contributed by atoms with E-state index in [0.29, 0.717) is 5.92 Å². The van der Waals surface area contributed by atoms with Crippen LogP contribution < -0.4 is 15.4 Å². The smallest absolute Gasteiger partial charge is 0.191 e. The van der Waals surface area contributed by atoms with E-state index in [2.05, 4.69) is 20.5 Å². The highest BCUT2D eigenvalue weighted by atomic mass is 127.